The van der Waals surface area contributed by atoms with Crippen molar-refractivity contribution in [2.24, 2.45) is 10.2 Å². The highest BCUT2D eigenvalue weighted by Gasteiger charge is 2.11. The average molecular weight is 647 g/mol. The Balaban J connectivity index is 0.000000262. The second kappa shape index (κ2) is 19.8. The van der Waals surface area contributed by atoms with E-state index in [-0.39, 0.29) is 18.8 Å². The van der Waals surface area contributed by atoms with Crippen molar-refractivity contribution in [1.29, 1.82) is 0 Å². The van der Waals surface area contributed by atoms with Crippen molar-refractivity contribution >= 4 is 47.0 Å². The van der Waals surface area contributed by atoms with Crippen LogP contribution in [0.1, 0.15) is 39.5 Å². The molecular weight excluding hydrogens is 617 g/mol. The Hall–Kier alpha value is -5.33. The third-order valence-corrected chi connectivity index (χ3v) is 7.33. The fourth-order valence-electron chi connectivity index (χ4n) is 3.38. The lowest BCUT2D eigenvalue weighted by atomic mass is 10.1. The van der Waals surface area contributed by atoms with E-state index in [1.807, 2.05) is 62.4 Å². The minimum atomic E-state index is -0.647. The predicted octanol–water partition coefficient (Wildman–Crippen LogP) is 8.12. The average Bonchev–Trinajstić information content (AvgIpc) is 3.71. The zero-order valence-corrected chi connectivity index (χ0v) is 26.6. The van der Waals surface area contributed by atoms with Gasteiger partial charge in [-0.3, -0.25) is 9.59 Å². The van der Waals surface area contributed by atoms with E-state index in [9.17, 15) is 14.4 Å². The number of aryl methyl sites for hydroxylation is 2. The number of benzene rings is 2. The summed E-state index contributed by atoms with van der Waals surface area (Å²) in [6.45, 7) is 7.74. The van der Waals surface area contributed by atoms with Crippen LogP contribution in [0.3, 0.4) is 0 Å². The molecule has 45 heavy (non-hydrogen) atoms. The topological polar surface area (TPSA) is 193 Å². The number of hydrogen-bond donors (Lipinski definition) is 0. The fraction of sp³-hybridized carbons (Fsp3) is 0.233. The Morgan fingerprint density at radius 2 is 1.38 bits per heavy atom. The lowest BCUT2D eigenvalue weighted by Crippen LogP contribution is -2.06. The maximum Gasteiger partial charge on any atom is 0.340 e. The molecule has 2 aromatic carbocycles. The molecule has 0 saturated heterocycles. The van der Waals surface area contributed by atoms with E-state index in [0.29, 0.717) is 16.4 Å². The van der Waals surface area contributed by atoms with Crippen molar-refractivity contribution in [1.82, 2.24) is 9.97 Å². The first kappa shape index (κ1) is 35.9. The molecular formula is C30H30N8O5S2. The normalized spacial score (nSPS) is 10.0. The number of nitrogens with zero attached hydrogens (tertiary/aromatic N) is 8. The molecule has 4 aromatic rings. The molecule has 0 spiro atoms. The maximum atomic E-state index is 11.7. The highest BCUT2D eigenvalue weighted by molar-refractivity contribution is 7.16. The lowest BCUT2D eigenvalue weighted by molar-refractivity contribution is -0.141. The van der Waals surface area contributed by atoms with E-state index in [0.717, 1.165) is 33.0 Å². The van der Waals surface area contributed by atoms with Crippen molar-refractivity contribution in [3.63, 3.8) is 0 Å². The molecule has 0 radical (unpaired) electrons. The number of aromatic nitrogens is 2. The molecule has 15 heteroatoms. The van der Waals surface area contributed by atoms with Crippen LogP contribution >= 0.6 is 22.7 Å². The van der Waals surface area contributed by atoms with Crippen LogP contribution < -0.4 is 0 Å². The Morgan fingerprint density at radius 1 is 0.844 bits per heavy atom. The molecule has 2 heterocycles. The summed E-state index contributed by atoms with van der Waals surface area (Å²) < 4.78 is 9.29. The Kier molecular flexibility index (Phi) is 15.8. The third-order valence-electron chi connectivity index (χ3n) is 5.40. The monoisotopic (exact) mass is 646 g/mol. The molecule has 0 amide bonds. The van der Waals surface area contributed by atoms with Gasteiger partial charge < -0.3 is 9.47 Å². The molecule has 0 bridgehead atoms. The molecule has 0 atom stereocenters. The van der Waals surface area contributed by atoms with Gasteiger partial charge in [-0.15, -0.1) is 22.7 Å². The Labute approximate surface area is 267 Å². The summed E-state index contributed by atoms with van der Waals surface area (Å²) in [5, 5.41) is 8.13. The van der Waals surface area contributed by atoms with E-state index in [1.165, 1.54) is 34.3 Å². The molecule has 0 aliphatic heterocycles. The van der Waals surface area contributed by atoms with Gasteiger partial charge in [-0.05, 0) is 56.0 Å². The van der Waals surface area contributed by atoms with Crippen LogP contribution in [0.15, 0.2) is 76.9 Å². The van der Waals surface area contributed by atoms with Crippen LogP contribution in [-0.4, -0.2) is 48.0 Å². The molecule has 0 saturated carbocycles. The van der Waals surface area contributed by atoms with Gasteiger partial charge in [0.05, 0.1) is 18.1 Å². The van der Waals surface area contributed by atoms with Crippen LogP contribution in [0.5, 0.6) is 0 Å². The molecule has 0 unspecified atom stereocenters. The van der Waals surface area contributed by atoms with E-state index in [2.05, 4.69) is 34.8 Å². The first-order valence-corrected chi connectivity index (χ1v) is 15.0. The van der Waals surface area contributed by atoms with Gasteiger partial charge in [0.25, 0.3) is 0 Å². The van der Waals surface area contributed by atoms with Crippen LogP contribution in [0.4, 0.5) is 0 Å². The molecule has 0 N–H and O–H groups in total. The summed E-state index contributed by atoms with van der Waals surface area (Å²) in [7, 11) is 0. The number of azide groups is 2. The Morgan fingerprint density at radius 3 is 1.84 bits per heavy atom. The van der Waals surface area contributed by atoms with Crippen molar-refractivity contribution < 1.29 is 23.9 Å². The van der Waals surface area contributed by atoms with Gasteiger partial charge in [0, 0.05) is 38.2 Å². The fourth-order valence-corrected chi connectivity index (χ4v) is 5.15. The number of ether oxygens (including phenoxy) is 2. The largest absolute Gasteiger partial charge is 0.466 e. The van der Waals surface area contributed by atoms with E-state index in [4.69, 9.17) is 15.8 Å². The standard InChI is InChI=1S/C15H14N4O2S.C11H9NOS.C4H7N3O2/c1-3-21-15(20)13(18-19-16)8-11-9-17-14(22-11)12-7-5-4-6-10(12)2;1-8-4-2-3-5-10(8)11-12-6-9(7-13)14-11;1-2-9-4(8)3-6-7-5/h4-9H,3H2,1-2H3;2-7H,1H3;2-3H2,1H3/b13-8-;;. The smallest absolute Gasteiger partial charge is 0.340 e. The van der Waals surface area contributed by atoms with E-state index >= 15 is 0 Å². The minimum absolute atomic E-state index is 0.0793. The zero-order chi connectivity index (χ0) is 33.0. The van der Waals surface area contributed by atoms with Gasteiger partial charge in [0.15, 0.2) is 6.29 Å². The van der Waals surface area contributed by atoms with Crippen LogP contribution in [-0.2, 0) is 19.1 Å². The van der Waals surface area contributed by atoms with Crippen molar-refractivity contribution in [2.45, 2.75) is 27.7 Å². The summed E-state index contributed by atoms with van der Waals surface area (Å²) >= 11 is 2.83. The van der Waals surface area contributed by atoms with Crippen molar-refractivity contribution in [2.75, 3.05) is 19.8 Å². The SMILES string of the molecule is CCOC(=O)/C(=C/c1cnc(-c2ccccc2C)s1)N=[N+]=[N-].CCOC(=O)CN=[N+]=[N-].Cc1ccccc1-c1ncc(C=O)s1. The van der Waals surface area contributed by atoms with E-state index < -0.39 is 11.9 Å². The van der Waals surface area contributed by atoms with Crippen LogP contribution in [0.2, 0.25) is 0 Å². The van der Waals surface area contributed by atoms with Crippen LogP contribution in [0, 0.1) is 13.8 Å². The van der Waals surface area contributed by atoms with Crippen LogP contribution in [0.25, 0.3) is 48.1 Å². The van der Waals surface area contributed by atoms with Gasteiger partial charge in [0.2, 0.25) is 0 Å². The number of hydrogen-bond acceptors (Lipinski definition) is 11. The second-order valence-electron chi connectivity index (χ2n) is 8.52. The van der Waals surface area contributed by atoms with Crippen molar-refractivity contribution in [3.8, 4) is 21.1 Å². The predicted molar refractivity (Wildman–Crippen MR) is 174 cm³/mol. The molecule has 0 aliphatic carbocycles. The van der Waals surface area contributed by atoms with Gasteiger partial charge in [-0.1, -0.05) is 58.8 Å². The summed E-state index contributed by atoms with van der Waals surface area (Å²) in [4.78, 5) is 47.5. The summed E-state index contributed by atoms with van der Waals surface area (Å²) in [6, 6.07) is 15.9. The zero-order valence-electron chi connectivity index (χ0n) is 25.0. The van der Waals surface area contributed by atoms with Gasteiger partial charge in [0.1, 0.15) is 22.3 Å². The Bertz CT molecular complexity index is 1720. The molecule has 2 aromatic heterocycles. The van der Waals surface area contributed by atoms with Gasteiger partial charge in [-0.25, -0.2) is 14.8 Å². The summed E-state index contributed by atoms with van der Waals surface area (Å²) in [5.74, 6) is -1.14. The number of esters is 2. The first-order valence-electron chi connectivity index (χ1n) is 13.4. The molecule has 232 valence electrons. The second-order valence-corrected chi connectivity index (χ2v) is 10.6. The number of rotatable bonds is 10. The van der Waals surface area contributed by atoms with Gasteiger partial charge in [-0.2, -0.15) is 0 Å². The van der Waals surface area contributed by atoms with Crippen molar-refractivity contribution in [3.05, 3.63) is 108 Å². The number of aldehydes is 1. The third kappa shape index (κ3) is 12.1. The molecule has 13 nitrogen and oxygen atoms in total. The highest BCUT2D eigenvalue weighted by Crippen LogP contribution is 2.29. The molecule has 0 aliphatic rings. The quantitative estimate of drug-likeness (QED) is 0.0414. The maximum absolute atomic E-state index is 11.7. The number of thiazole rings is 2. The minimum Gasteiger partial charge on any atom is -0.466 e. The highest BCUT2D eigenvalue weighted by atomic mass is 32.1. The number of carbonyl (C=O) groups is 3. The first-order chi connectivity index (χ1) is 21.8. The molecule has 0 fully saturated rings. The molecule has 4 rings (SSSR count). The van der Waals surface area contributed by atoms with Gasteiger partial charge >= 0.3 is 11.9 Å². The van der Waals surface area contributed by atoms with E-state index in [1.54, 1.807) is 26.2 Å². The summed E-state index contributed by atoms with van der Waals surface area (Å²) in [5.41, 5.74) is 20.6. The number of carbonyl (C=O) groups excluding carboxylic acids is 3. The lowest BCUT2D eigenvalue weighted by Gasteiger charge is -2.00. The summed E-state index contributed by atoms with van der Waals surface area (Å²) in [6.07, 6.45) is 5.56.